The highest BCUT2D eigenvalue weighted by Crippen LogP contribution is 2.23. The van der Waals surface area contributed by atoms with E-state index in [0.29, 0.717) is 25.4 Å². The van der Waals surface area contributed by atoms with E-state index in [1.54, 1.807) is 6.07 Å². The first-order valence-corrected chi connectivity index (χ1v) is 7.43. The molecule has 0 spiro atoms. The first-order chi connectivity index (χ1) is 9.56. The van der Waals surface area contributed by atoms with Gasteiger partial charge in [-0.3, -0.25) is 0 Å². The van der Waals surface area contributed by atoms with Crippen LogP contribution in [0.25, 0.3) is 0 Å². The van der Waals surface area contributed by atoms with E-state index in [-0.39, 0.29) is 18.2 Å². The van der Waals surface area contributed by atoms with Gasteiger partial charge in [0.1, 0.15) is 6.61 Å². The minimum atomic E-state index is -0.876. The molecule has 0 atom stereocenters. The second-order valence-corrected chi connectivity index (χ2v) is 5.64. The minimum absolute atomic E-state index is 0.122. The summed E-state index contributed by atoms with van der Waals surface area (Å²) in [6.07, 6.45) is 3.62. The Kier molecular flexibility index (Phi) is 5.00. The molecule has 2 N–H and O–H groups in total. The zero-order chi connectivity index (χ0) is 14.6. The largest absolute Gasteiger partial charge is 0.488 e. The van der Waals surface area contributed by atoms with Gasteiger partial charge in [0.25, 0.3) is 0 Å². The van der Waals surface area contributed by atoms with Crippen LogP contribution in [0.5, 0.6) is 5.75 Å². The fraction of sp³-hybridized carbons (Fsp3) is 0.625. The van der Waals surface area contributed by atoms with Gasteiger partial charge in [-0.25, -0.2) is 4.39 Å². The van der Waals surface area contributed by atoms with Gasteiger partial charge in [-0.1, -0.05) is 19.9 Å². The second-order valence-electron chi connectivity index (χ2n) is 5.64. The molecular weight excluding hydrogens is 257 g/mol. The normalized spacial score (nSPS) is 15.4. The van der Waals surface area contributed by atoms with E-state index in [9.17, 15) is 9.50 Å². The van der Waals surface area contributed by atoms with Gasteiger partial charge >= 0.3 is 0 Å². The topological polar surface area (TPSA) is 41.5 Å². The van der Waals surface area contributed by atoms with Crippen molar-refractivity contribution in [3.05, 3.63) is 29.6 Å². The maximum atomic E-state index is 13.9. The Balaban J connectivity index is 1.91. The number of hydrogen-bond donors (Lipinski definition) is 2. The molecule has 1 aliphatic carbocycles. The third kappa shape index (κ3) is 4.18. The lowest BCUT2D eigenvalue weighted by Crippen LogP contribution is -2.34. The Morgan fingerprint density at radius 1 is 1.35 bits per heavy atom. The molecule has 1 aliphatic rings. The third-order valence-corrected chi connectivity index (χ3v) is 3.98. The Morgan fingerprint density at radius 2 is 2.05 bits per heavy atom. The Bertz CT molecular complexity index is 442. The van der Waals surface area contributed by atoms with Gasteiger partial charge in [-0.15, -0.1) is 0 Å². The fourth-order valence-electron chi connectivity index (χ4n) is 1.99. The smallest absolute Gasteiger partial charge is 0.165 e. The van der Waals surface area contributed by atoms with Crippen LogP contribution in [0.4, 0.5) is 4.39 Å². The minimum Gasteiger partial charge on any atom is -0.488 e. The van der Waals surface area contributed by atoms with Crippen molar-refractivity contribution in [2.45, 2.75) is 57.7 Å². The molecule has 0 saturated heterocycles. The summed E-state index contributed by atoms with van der Waals surface area (Å²) in [7, 11) is 0. The zero-order valence-electron chi connectivity index (χ0n) is 12.3. The summed E-state index contributed by atoms with van der Waals surface area (Å²) in [6.45, 7) is 4.61. The number of nitrogens with one attached hydrogen (secondary N) is 1. The summed E-state index contributed by atoms with van der Waals surface area (Å²) in [5.41, 5.74) is 0.0431. The van der Waals surface area contributed by atoms with Gasteiger partial charge in [0, 0.05) is 12.6 Å². The van der Waals surface area contributed by atoms with E-state index in [1.807, 2.05) is 19.9 Å². The molecule has 1 aromatic rings. The lowest BCUT2D eigenvalue weighted by atomic mass is 9.99. The first-order valence-electron chi connectivity index (χ1n) is 7.43. The molecule has 1 saturated carbocycles. The van der Waals surface area contributed by atoms with Crippen molar-refractivity contribution in [2.24, 2.45) is 0 Å². The van der Waals surface area contributed by atoms with Gasteiger partial charge in [0.15, 0.2) is 11.6 Å². The molecule has 0 radical (unpaired) electrons. The van der Waals surface area contributed by atoms with E-state index in [4.69, 9.17) is 4.74 Å². The van der Waals surface area contributed by atoms with Gasteiger partial charge in [-0.05, 0) is 43.4 Å². The number of benzene rings is 1. The molecule has 1 aromatic carbocycles. The van der Waals surface area contributed by atoms with Crippen LogP contribution >= 0.6 is 0 Å². The molecule has 20 heavy (non-hydrogen) atoms. The molecule has 0 aromatic heterocycles. The van der Waals surface area contributed by atoms with E-state index in [1.165, 1.54) is 18.9 Å². The Labute approximate surface area is 120 Å². The molecule has 2 rings (SSSR count). The summed E-state index contributed by atoms with van der Waals surface area (Å²) in [6, 6.07) is 5.62. The number of ether oxygens (including phenoxy) is 1. The van der Waals surface area contributed by atoms with Crippen LogP contribution in [0, 0.1) is 5.82 Å². The SMILES string of the molecule is CCC(O)(CC)COc1ccc(CNC2CC2)cc1F. The van der Waals surface area contributed by atoms with Gasteiger partial charge in [-0.2, -0.15) is 0 Å². The van der Waals surface area contributed by atoms with Crippen molar-refractivity contribution < 1.29 is 14.2 Å². The monoisotopic (exact) mass is 281 g/mol. The van der Waals surface area contributed by atoms with Crippen LogP contribution in [0.3, 0.4) is 0 Å². The number of aliphatic hydroxyl groups is 1. The molecule has 112 valence electrons. The van der Waals surface area contributed by atoms with Gasteiger partial charge in [0.2, 0.25) is 0 Å². The van der Waals surface area contributed by atoms with Crippen molar-refractivity contribution in [2.75, 3.05) is 6.61 Å². The highest BCUT2D eigenvalue weighted by Gasteiger charge is 2.24. The lowest BCUT2D eigenvalue weighted by Gasteiger charge is -2.25. The van der Waals surface area contributed by atoms with E-state index in [2.05, 4.69) is 5.32 Å². The van der Waals surface area contributed by atoms with Crippen LogP contribution in [-0.2, 0) is 6.54 Å². The summed E-state index contributed by atoms with van der Waals surface area (Å²) in [5.74, 6) is -0.157. The predicted octanol–water partition coefficient (Wildman–Crippen LogP) is 3.01. The molecule has 0 bridgehead atoms. The van der Waals surface area contributed by atoms with Gasteiger partial charge in [0.05, 0.1) is 5.60 Å². The highest BCUT2D eigenvalue weighted by atomic mass is 19.1. The number of rotatable bonds is 8. The Hall–Kier alpha value is -1.13. The van der Waals surface area contributed by atoms with Crippen LogP contribution in [0.15, 0.2) is 18.2 Å². The van der Waals surface area contributed by atoms with Crippen LogP contribution < -0.4 is 10.1 Å². The molecule has 0 heterocycles. The van der Waals surface area contributed by atoms with Crippen LogP contribution in [0.2, 0.25) is 0 Å². The van der Waals surface area contributed by atoms with Crippen molar-refractivity contribution in [1.82, 2.24) is 5.32 Å². The highest BCUT2D eigenvalue weighted by molar-refractivity contribution is 5.29. The summed E-state index contributed by atoms with van der Waals surface area (Å²) in [4.78, 5) is 0. The summed E-state index contributed by atoms with van der Waals surface area (Å²) >= 11 is 0. The zero-order valence-corrected chi connectivity index (χ0v) is 12.3. The maximum Gasteiger partial charge on any atom is 0.165 e. The van der Waals surface area contributed by atoms with Gasteiger partial charge < -0.3 is 15.2 Å². The molecule has 1 fully saturated rings. The molecule has 0 unspecified atom stereocenters. The average Bonchev–Trinajstić information content (AvgIpc) is 3.28. The van der Waals surface area contributed by atoms with E-state index >= 15 is 0 Å². The van der Waals surface area contributed by atoms with E-state index in [0.717, 1.165) is 5.56 Å². The van der Waals surface area contributed by atoms with E-state index < -0.39 is 5.60 Å². The molecule has 4 heteroatoms. The second kappa shape index (κ2) is 6.55. The number of hydrogen-bond acceptors (Lipinski definition) is 3. The third-order valence-electron chi connectivity index (χ3n) is 3.98. The first kappa shape index (κ1) is 15.3. The number of halogens is 1. The standard InChI is InChI=1S/C16H24FNO2/c1-3-16(19,4-2)11-20-15-8-5-12(9-14(15)17)10-18-13-6-7-13/h5,8-9,13,18-19H,3-4,6-7,10-11H2,1-2H3. The molecule has 3 nitrogen and oxygen atoms in total. The van der Waals surface area contributed by atoms with Crippen LogP contribution in [0.1, 0.15) is 45.1 Å². The average molecular weight is 281 g/mol. The maximum absolute atomic E-state index is 13.9. The predicted molar refractivity (Wildman–Crippen MR) is 77.3 cm³/mol. The molecular formula is C16H24FNO2. The summed E-state index contributed by atoms with van der Waals surface area (Å²) < 4.78 is 19.4. The van der Waals surface area contributed by atoms with Crippen molar-refractivity contribution >= 4 is 0 Å². The lowest BCUT2D eigenvalue weighted by molar-refractivity contribution is -0.0123. The van der Waals surface area contributed by atoms with Crippen molar-refractivity contribution in [3.63, 3.8) is 0 Å². The summed E-state index contributed by atoms with van der Waals surface area (Å²) in [5, 5.41) is 13.5. The van der Waals surface area contributed by atoms with Crippen LogP contribution in [-0.4, -0.2) is 23.4 Å². The quantitative estimate of drug-likeness (QED) is 0.769. The van der Waals surface area contributed by atoms with Crippen molar-refractivity contribution in [3.8, 4) is 5.75 Å². The molecule has 0 aliphatic heterocycles. The van der Waals surface area contributed by atoms with Crippen molar-refractivity contribution in [1.29, 1.82) is 0 Å². The fourth-order valence-corrected chi connectivity index (χ4v) is 1.99. The molecule has 0 amide bonds. The Morgan fingerprint density at radius 3 is 2.60 bits per heavy atom.